The summed E-state index contributed by atoms with van der Waals surface area (Å²) < 4.78 is 0. The molecule has 0 aliphatic heterocycles. The molecule has 108 valence electrons. The monoisotopic (exact) mass is 280 g/mol. The standard InChI is InChI=1S/C13H16N2O5/c1-7-5-8(2)10(15(19)20)6-9(7)11(16)14-13(3,4)12(17)18/h5-6H,1-4H3,(H,14,16)(H,17,18). The number of nitrogens with one attached hydrogen (secondary N) is 1. The Labute approximate surface area is 115 Å². The van der Waals surface area contributed by atoms with Crippen LogP contribution in [0, 0.1) is 24.0 Å². The molecular weight excluding hydrogens is 264 g/mol. The summed E-state index contributed by atoms with van der Waals surface area (Å²) in [6.07, 6.45) is 0. The Morgan fingerprint density at radius 2 is 1.80 bits per heavy atom. The van der Waals surface area contributed by atoms with E-state index in [1.54, 1.807) is 13.8 Å². The van der Waals surface area contributed by atoms with Gasteiger partial charge in [-0.2, -0.15) is 0 Å². The highest BCUT2D eigenvalue weighted by molar-refractivity contribution is 5.99. The first-order valence-corrected chi connectivity index (χ1v) is 5.88. The van der Waals surface area contributed by atoms with Gasteiger partial charge in [0.25, 0.3) is 11.6 Å². The van der Waals surface area contributed by atoms with E-state index in [-0.39, 0.29) is 11.3 Å². The molecule has 0 aromatic heterocycles. The van der Waals surface area contributed by atoms with Gasteiger partial charge in [0.15, 0.2) is 0 Å². The molecule has 1 rings (SSSR count). The smallest absolute Gasteiger partial charge is 0.328 e. The Morgan fingerprint density at radius 1 is 1.25 bits per heavy atom. The number of aliphatic carboxylic acids is 1. The number of benzene rings is 1. The number of rotatable bonds is 4. The van der Waals surface area contributed by atoms with Gasteiger partial charge in [0.2, 0.25) is 0 Å². The minimum atomic E-state index is -1.46. The van der Waals surface area contributed by atoms with Crippen molar-refractivity contribution in [3.63, 3.8) is 0 Å². The first-order valence-electron chi connectivity index (χ1n) is 5.88. The van der Waals surface area contributed by atoms with Crippen molar-refractivity contribution in [2.75, 3.05) is 0 Å². The van der Waals surface area contributed by atoms with Crippen LogP contribution in [-0.4, -0.2) is 27.4 Å². The molecule has 0 saturated carbocycles. The average molecular weight is 280 g/mol. The van der Waals surface area contributed by atoms with Crippen LogP contribution >= 0.6 is 0 Å². The molecule has 0 atom stereocenters. The number of nitrogens with zero attached hydrogens (tertiary/aromatic N) is 1. The zero-order valence-corrected chi connectivity index (χ0v) is 11.7. The van der Waals surface area contributed by atoms with E-state index in [4.69, 9.17) is 5.11 Å². The summed E-state index contributed by atoms with van der Waals surface area (Å²) in [5.41, 5.74) is -0.540. The highest BCUT2D eigenvalue weighted by atomic mass is 16.6. The van der Waals surface area contributed by atoms with E-state index in [2.05, 4.69) is 5.32 Å². The number of nitro benzene ring substituents is 1. The molecule has 2 N–H and O–H groups in total. The second-order valence-corrected chi connectivity index (χ2v) is 5.10. The molecule has 1 aromatic rings. The zero-order chi connectivity index (χ0) is 15.7. The Morgan fingerprint density at radius 3 is 2.25 bits per heavy atom. The quantitative estimate of drug-likeness (QED) is 0.645. The van der Waals surface area contributed by atoms with E-state index in [1.807, 2.05) is 0 Å². The average Bonchev–Trinajstić information content (AvgIpc) is 2.27. The van der Waals surface area contributed by atoms with Crippen molar-refractivity contribution in [2.45, 2.75) is 33.2 Å². The normalized spacial score (nSPS) is 11.0. The van der Waals surface area contributed by atoms with Crippen LogP contribution in [0.5, 0.6) is 0 Å². The van der Waals surface area contributed by atoms with Gasteiger partial charge in [-0.05, 0) is 39.3 Å². The Bertz CT molecular complexity index is 593. The second-order valence-electron chi connectivity index (χ2n) is 5.10. The Kier molecular flexibility index (Phi) is 4.12. The van der Waals surface area contributed by atoms with Gasteiger partial charge in [-0.25, -0.2) is 4.79 Å². The van der Waals surface area contributed by atoms with Crippen LogP contribution in [0.15, 0.2) is 12.1 Å². The Balaban J connectivity index is 3.20. The van der Waals surface area contributed by atoms with Crippen LogP contribution in [0.1, 0.15) is 35.3 Å². The van der Waals surface area contributed by atoms with E-state index >= 15 is 0 Å². The molecule has 0 aliphatic rings. The molecule has 0 aliphatic carbocycles. The number of carbonyl (C=O) groups is 2. The summed E-state index contributed by atoms with van der Waals surface area (Å²) >= 11 is 0. The van der Waals surface area contributed by atoms with Crippen LogP contribution < -0.4 is 5.32 Å². The number of carboxylic acids is 1. The summed E-state index contributed by atoms with van der Waals surface area (Å²) in [5, 5.41) is 22.2. The van der Waals surface area contributed by atoms with Crippen molar-refractivity contribution in [1.29, 1.82) is 0 Å². The molecule has 0 spiro atoms. The van der Waals surface area contributed by atoms with Gasteiger partial charge < -0.3 is 10.4 Å². The lowest BCUT2D eigenvalue weighted by atomic mass is 10.0. The number of hydrogen-bond acceptors (Lipinski definition) is 4. The molecule has 7 heteroatoms. The van der Waals surface area contributed by atoms with Gasteiger partial charge in [0.05, 0.1) is 4.92 Å². The van der Waals surface area contributed by atoms with E-state index in [0.717, 1.165) is 6.07 Å². The number of carbonyl (C=O) groups excluding carboxylic acids is 1. The van der Waals surface area contributed by atoms with Crippen LogP contribution in [0.2, 0.25) is 0 Å². The lowest BCUT2D eigenvalue weighted by molar-refractivity contribution is -0.385. The second kappa shape index (κ2) is 5.28. The predicted octanol–water partition coefficient (Wildman–Crippen LogP) is 1.80. The third kappa shape index (κ3) is 3.11. The maximum absolute atomic E-state index is 12.1. The van der Waals surface area contributed by atoms with Crippen LogP contribution in [0.4, 0.5) is 5.69 Å². The molecular formula is C13H16N2O5. The third-order valence-corrected chi connectivity index (χ3v) is 2.94. The lowest BCUT2D eigenvalue weighted by Gasteiger charge is -2.21. The van der Waals surface area contributed by atoms with Gasteiger partial charge in [0, 0.05) is 17.2 Å². The van der Waals surface area contributed by atoms with Crippen molar-refractivity contribution >= 4 is 17.6 Å². The van der Waals surface area contributed by atoms with Crippen LogP contribution in [-0.2, 0) is 4.79 Å². The predicted molar refractivity (Wildman–Crippen MR) is 71.8 cm³/mol. The maximum Gasteiger partial charge on any atom is 0.328 e. The van der Waals surface area contributed by atoms with Gasteiger partial charge in [0.1, 0.15) is 5.54 Å². The minimum absolute atomic E-state index is 0.0941. The largest absolute Gasteiger partial charge is 0.480 e. The molecule has 1 aromatic carbocycles. The van der Waals surface area contributed by atoms with E-state index in [1.165, 1.54) is 19.9 Å². The number of hydrogen-bond donors (Lipinski definition) is 2. The highest BCUT2D eigenvalue weighted by Crippen LogP contribution is 2.23. The van der Waals surface area contributed by atoms with E-state index in [9.17, 15) is 19.7 Å². The molecule has 0 fully saturated rings. The first kappa shape index (κ1) is 15.6. The topological polar surface area (TPSA) is 110 Å². The third-order valence-electron chi connectivity index (χ3n) is 2.94. The molecule has 20 heavy (non-hydrogen) atoms. The lowest BCUT2D eigenvalue weighted by Crippen LogP contribution is -2.49. The fourth-order valence-corrected chi connectivity index (χ4v) is 1.69. The van der Waals surface area contributed by atoms with Crippen LogP contribution in [0.25, 0.3) is 0 Å². The van der Waals surface area contributed by atoms with Crippen molar-refractivity contribution < 1.29 is 19.6 Å². The molecule has 0 saturated heterocycles. The summed E-state index contributed by atoms with van der Waals surface area (Å²) in [7, 11) is 0. The fourth-order valence-electron chi connectivity index (χ4n) is 1.69. The van der Waals surface area contributed by atoms with Gasteiger partial charge in [-0.15, -0.1) is 0 Å². The van der Waals surface area contributed by atoms with Crippen LogP contribution in [0.3, 0.4) is 0 Å². The molecule has 7 nitrogen and oxygen atoms in total. The molecule has 1 amide bonds. The van der Waals surface area contributed by atoms with Crippen molar-refractivity contribution in [2.24, 2.45) is 0 Å². The van der Waals surface area contributed by atoms with Crippen molar-refractivity contribution in [1.82, 2.24) is 5.32 Å². The Hall–Kier alpha value is -2.44. The molecule has 0 heterocycles. The van der Waals surface area contributed by atoms with Crippen molar-refractivity contribution in [3.8, 4) is 0 Å². The number of carboxylic acid groups (broad SMARTS) is 1. The van der Waals surface area contributed by atoms with E-state index in [0.29, 0.717) is 11.1 Å². The zero-order valence-electron chi connectivity index (χ0n) is 11.7. The SMILES string of the molecule is Cc1cc(C)c([N+](=O)[O-])cc1C(=O)NC(C)(C)C(=O)O. The molecule has 0 unspecified atom stereocenters. The number of aryl methyl sites for hydroxylation is 2. The number of amides is 1. The van der Waals surface area contributed by atoms with Gasteiger partial charge >= 0.3 is 5.97 Å². The van der Waals surface area contributed by atoms with E-state index < -0.39 is 22.3 Å². The fraction of sp³-hybridized carbons (Fsp3) is 0.385. The highest BCUT2D eigenvalue weighted by Gasteiger charge is 2.30. The number of nitro groups is 1. The molecule has 0 radical (unpaired) electrons. The van der Waals surface area contributed by atoms with Gasteiger partial charge in [-0.1, -0.05) is 0 Å². The molecule has 0 bridgehead atoms. The maximum atomic E-state index is 12.1. The summed E-state index contributed by atoms with van der Waals surface area (Å²) in [6, 6.07) is 2.69. The summed E-state index contributed by atoms with van der Waals surface area (Å²) in [5.74, 6) is -1.84. The first-order chi connectivity index (χ1) is 9.06. The summed E-state index contributed by atoms with van der Waals surface area (Å²) in [6.45, 7) is 5.89. The van der Waals surface area contributed by atoms with Gasteiger partial charge in [-0.3, -0.25) is 14.9 Å². The summed E-state index contributed by atoms with van der Waals surface area (Å²) in [4.78, 5) is 33.4. The van der Waals surface area contributed by atoms with Crippen molar-refractivity contribution in [3.05, 3.63) is 38.9 Å². The minimum Gasteiger partial charge on any atom is -0.480 e.